The Bertz CT molecular complexity index is 513. The van der Waals surface area contributed by atoms with E-state index >= 15 is 0 Å². The van der Waals surface area contributed by atoms with Crippen LogP contribution in [0.15, 0.2) is 12.2 Å². The predicted molar refractivity (Wildman–Crippen MR) is 79.3 cm³/mol. The molecule has 7 nitrogen and oxygen atoms in total. The van der Waals surface area contributed by atoms with Gasteiger partial charge in [0.1, 0.15) is 0 Å². The molecule has 0 aromatic rings. The molecule has 1 saturated carbocycles. The van der Waals surface area contributed by atoms with E-state index in [0.29, 0.717) is 11.8 Å². The van der Waals surface area contributed by atoms with Crippen LogP contribution in [0.4, 0.5) is 0 Å². The lowest BCUT2D eigenvalue weighted by Gasteiger charge is -2.36. The van der Waals surface area contributed by atoms with Crippen molar-refractivity contribution in [3.05, 3.63) is 12.2 Å². The first kappa shape index (κ1) is 16.1. The summed E-state index contributed by atoms with van der Waals surface area (Å²) in [5.41, 5.74) is 0. The standard InChI is InChI=1S/C17H22O7/c1-20-6-22-16(18)12-13(17(19)23-7-21-2)15-11-9-4-3-8(5-9)10(11)14(12)24-15/h3-4,8-15H,5-7H2,1-2H3. The van der Waals surface area contributed by atoms with Crippen LogP contribution >= 0.6 is 0 Å². The number of carbonyl (C=O) groups is 2. The summed E-state index contributed by atoms with van der Waals surface area (Å²) in [6, 6.07) is 0. The van der Waals surface area contributed by atoms with Crippen molar-refractivity contribution >= 4 is 11.9 Å². The van der Waals surface area contributed by atoms with Crippen molar-refractivity contribution in [3.63, 3.8) is 0 Å². The summed E-state index contributed by atoms with van der Waals surface area (Å²) in [6.45, 7) is -0.265. The molecule has 24 heavy (non-hydrogen) atoms. The number of esters is 2. The van der Waals surface area contributed by atoms with Gasteiger partial charge in [0.15, 0.2) is 13.6 Å². The zero-order valence-corrected chi connectivity index (χ0v) is 13.8. The van der Waals surface area contributed by atoms with Gasteiger partial charge in [-0.2, -0.15) is 0 Å². The first-order valence-electron chi connectivity index (χ1n) is 8.32. The molecule has 2 heterocycles. The molecule has 0 aromatic heterocycles. The summed E-state index contributed by atoms with van der Waals surface area (Å²) in [5.74, 6) is -0.727. The second-order valence-electron chi connectivity index (χ2n) is 6.96. The first-order chi connectivity index (χ1) is 11.7. The van der Waals surface area contributed by atoms with Crippen molar-refractivity contribution in [2.24, 2.45) is 35.5 Å². The minimum Gasteiger partial charge on any atom is -0.438 e. The Hall–Kier alpha value is -1.44. The highest BCUT2D eigenvalue weighted by Crippen LogP contribution is 2.63. The van der Waals surface area contributed by atoms with Crippen LogP contribution in [0.3, 0.4) is 0 Å². The normalized spacial score (nSPS) is 43.9. The second-order valence-corrected chi connectivity index (χ2v) is 6.96. The minimum atomic E-state index is -0.636. The highest BCUT2D eigenvalue weighted by Gasteiger charge is 2.70. The molecule has 132 valence electrons. The third-order valence-electron chi connectivity index (χ3n) is 5.93. The Labute approximate surface area is 140 Å². The van der Waals surface area contributed by atoms with Gasteiger partial charge in [0.05, 0.1) is 24.0 Å². The summed E-state index contributed by atoms with van der Waals surface area (Å²) in [6.07, 6.45) is 4.97. The molecule has 2 saturated heterocycles. The van der Waals surface area contributed by atoms with Gasteiger partial charge in [-0.15, -0.1) is 0 Å². The Kier molecular flexibility index (Phi) is 4.10. The van der Waals surface area contributed by atoms with E-state index in [4.69, 9.17) is 23.7 Å². The van der Waals surface area contributed by atoms with Crippen molar-refractivity contribution in [2.75, 3.05) is 27.8 Å². The second kappa shape index (κ2) is 6.13. The largest absolute Gasteiger partial charge is 0.438 e. The summed E-state index contributed by atoms with van der Waals surface area (Å²) < 4.78 is 26.0. The fourth-order valence-electron chi connectivity index (χ4n) is 5.23. The van der Waals surface area contributed by atoms with Gasteiger partial charge in [-0.1, -0.05) is 12.2 Å². The third kappa shape index (κ3) is 2.22. The lowest BCUT2D eigenvalue weighted by Crippen LogP contribution is -2.48. The molecular formula is C17H22O7. The SMILES string of the molecule is COCOC(=O)C1C2OC(C1C(=O)OCOC)C1C3C=CC(C3)C21. The quantitative estimate of drug-likeness (QED) is 0.401. The number of hydrogen-bond donors (Lipinski definition) is 0. The summed E-state index contributed by atoms with van der Waals surface area (Å²) >= 11 is 0. The topological polar surface area (TPSA) is 80.3 Å². The van der Waals surface area contributed by atoms with Gasteiger partial charge in [-0.25, -0.2) is 0 Å². The molecule has 8 atom stereocenters. The molecule has 4 aliphatic rings. The Morgan fingerprint density at radius 3 is 1.79 bits per heavy atom. The smallest absolute Gasteiger partial charge is 0.314 e. The molecular weight excluding hydrogens is 316 g/mol. The predicted octanol–water partition coefficient (Wildman–Crippen LogP) is 0.732. The van der Waals surface area contributed by atoms with E-state index in [0.717, 1.165) is 6.42 Å². The molecule has 4 bridgehead atoms. The number of ether oxygens (including phenoxy) is 5. The van der Waals surface area contributed by atoms with Crippen molar-refractivity contribution in [1.82, 2.24) is 0 Å². The minimum absolute atomic E-state index is 0.132. The highest BCUT2D eigenvalue weighted by atomic mass is 16.7. The van der Waals surface area contributed by atoms with Crippen LogP contribution in [0.2, 0.25) is 0 Å². The lowest BCUT2D eigenvalue weighted by atomic mass is 9.65. The van der Waals surface area contributed by atoms with Crippen molar-refractivity contribution in [3.8, 4) is 0 Å². The van der Waals surface area contributed by atoms with Crippen molar-refractivity contribution < 1.29 is 33.3 Å². The number of allylic oxidation sites excluding steroid dienone is 2. The van der Waals surface area contributed by atoms with Crippen LogP contribution in [-0.2, 0) is 33.3 Å². The van der Waals surface area contributed by atoms with Gasteiger partial charge in [-0.3, -0.25) is 9.59 Å². The van der Waals surface area contributed by atoms with Crippen molar-refractivity contribution in [1.29, 1.82) is 0 Å². The molecule has 2 aliphatic heterocycles. The molecule has 0 aromatic carbocycles. The zero-order chi connectivity index (χ0) is 16.8. The summed E-state index contributed by atoms with van der Waals surface area (Å²) in [7, 11) is 2.90. The molecule has 0 amide bonds. The van der Waals surface area contributed by atoms with Gasteiger partial charge >= 0.3 is 11.9 Å². The number of rotatable bonds is 6. The average Bonchev–Trinajstić information content (AvgIpc) is 3.34. The number of hydrogen-bond acceptors (Lipinski definition) is 7. The van der Waals surface area contributed by atoms with E-state index in [1.54, 1.807) is 0 Å². The van der Waals surface area contributed by atoms with E-state index in [1.807, 2.05) is 0 Å². The van der Waals surface area contributed by atoms with Gasteiger partial charge < -0.3 is 23.7 Å². The molecule has 0 spiro atoms. The van der Waals surface area contributed by atoms with Crippen LogP contribution in [-0.4, -0.2) is 52.0 Å². The number of fused-ring (bicyclic) bond motifs is 9. The Morgan fingerprint density at radius 2 is 1.38 bits per heavy atom. The van der Waals surface area contributed by atoms with Crippen LogP contribution in [0.5, 0.6) is 0 Å². The lowest BCUT2D eigenvalue weighted by molar-refractivity contribution is -0.174. The van der Waals surface area contributed by atoms with Gasteiger partial charge in [-0.05, 0) is 30.1 Å². The fraction of sp³-hybridized carbons (Fsp3) is 0.765. The first-order valence-corrected chi connectivity index (χ1v) is 8.32. The molecule has 2 aliphatic carbocycles. The molecule has 0 radical (unpaired) electrons. The maximum atomic E-state index is 12.5. The number of carbonyl (C=O) groups excluding carboxylic acids is 2. The molecule has 7 heteroatoms. The van der Waals surface area contributed by atoms with E-state index in [9.17, 15) is 9.59 Å². The van der Waals surface area contributed by atoms with Gasteiger partial charge in [0.25, 0.3) is 0 Å². The maximum absolute atomic E-state index is 12.5. The van der Waals surface area contributed by atoms with Crippen molar-refractivity contribution in [2.45, 2.75) is 18.6 Å². The van der Waals surface area contributed by atoms with Crippen LogP contribution in [0, 0.1) is 35.5 Å². The third-order valence-corrected chi connectivity index (χ3v) is 5.93. The average molecular weight is 338 g/mol. The van der Waals surface area contributed by atoms with E-state index in [2.05, 4.69) is 12.2 Å². The highest BCUT2D eigenvalue weighted by molar-refractivity contribution is 5.84. The monoisotopic (exact) mass is 338 g/mol. The number of methoxy groups -OCH3 is 2. The zero-order valence-electron chi connectivity index (χ0n) is 13.8. The van der Waals surface area contributed by atoms with Crippen LogP contribution in [0.1, 0.15) is 6.42 Å². The van der Waals surface area contributed by atoms with Gasteiger partial charge in [0, 0.05) is 14.2 Å². The van der Waals surface area contributed by atoms with Crippen LogP contribution < -0.4 is 0 Å². The van der Waals surface area contributed by atoms with E-state index in [-0.39, 0.29) is 37.6 Å². The summed E-state index contributed by atoms with van der Waals surface area (Å²) in [4.78, 5) is 25.1. The molecule has 4 rings (SSSR count). The van der Waals surface area contributed by atoms with E-state index in [1.165, 1.54) is 14.2 Å². The summed E-state index contributed by atoms with van der Waals surface area (Å²) in [5, 5.41) is 0. The Balaban J connectivity index is 1.59. The van der Waals surface area contributed by atoms with Crippen LogP contribution in [0.25, 0.3) is 0 Å². The fourth-order valence-corrected chi connectivity index (χ4v) is 5.23. The van der Waals surface area contributed by atoms with Gasteiger partial charge in [0.2, 0.25) is 0 Å². The molecule has 3 fully saturated rings. The maximum Gasteiger partial charge on any atom is 0.314 e. The molecule has 8 unspecified atom stereocenters. The Morgan fingerprint density at radius 1 is 0.917 bits per heavy atom. The van der Waals surface area contributed by atoms with E-state index < -0.39 is 23.8 Å². The molecule has 0 N–H and O–H groups in total.